The standard InChI is InChI=1S/C22H29ClN6O2/c1-4-26(10-11-28-9-5-8-24-28)15-19-21(25-20-7-6-18(23)14-29(19)20)22(30)27-12-16(2)31-17(3)13-27/h5-9,14,16-17H,4,10-13,15H2,1-3H3/t16-,17+. The van der Waals surface area contributed by atoms with E-state index in [1.807, 2.05) is 52.4 Å². The molecule has 0 N–H and O–H groups in total. The van der Waals surface area contributed by atoms with Gasteiger partial charge in [-0.2, -0.15) is 5.10 Å². The number of pyridine rings is 1. The molecule has 0 bridgehead atoms. The summed E-state index contributed by atoms with van der Waals surface area (Å²) in [6, 6.07) is 5.58. The van der Waals surface area contributed by atoms with Crippen molar-refractivity contribution >= 4 is 23.2 Å². The Morgan fingerprint density at radius 3 is 2.74 bits per heavy atom. The number of nitrogens with zero attached hydrogens (tertiary/aromatic N) is 6. The van der Waals surface area contributed by atoms with Gasteiger partial charge in [0.1, 0.15) is 5.65 Å². The zero-order valence-corrected chi connectivity index (χ0v) is 19.0. The Kier molecular flexibility index (Phi) is 6.60. The second-order valence-electron chi connectivity index (χ2n) is 8.09. The van der Waals surface area contributed by atoms with E-state index in [1.54, 1.807) is 12.3 Å². The van der Waals surface area contributed by atoms with Crippen LogP contribution in [0.3, 0.4) is 0 Å². The molecule has 1 amide bonds. The summed E-state index contributed by atoms with van der Waals surface area (Å²) < 4.78 is 9.66. The number of hydrogen-bond donors (Lipinski definition) is 0. The van der Waals surface area contributed by atoms with E-state index < -0.39 is 0 Å². The zero-order chi connectivity index (χ0) is 22.0. The maximum atomic E-state index is 13.5. The van der Waals surface area contributed by atoms with Gasteiger partial charge in [0.25, 0.3) is 5.91 Å². The number of imidazole rings is 1. The largest absolute Gasteiger partial charge is 0.372 e. The molecule has 1 saturated heterocycles. The number of halogens is 1. The van der Waals surface area contributed by atoms with E-state index in [-0.39, 0.29) is 18.1 Å². The van der Waals surface area contributed by atoms with Crippen LogP contribution in [-0.2, 0) is 17.8 Å². The highest BCUT2D eigenvalue weighted by atomic mass is 35.5. The Balaban J connectivity index is 1.63. The predicted molar refractivity (Wildman–Crippen MR) is 119 cm³/mol. The van der Waals surface area contributed by atoms with E-state index in [0.29, 0.717) is 30.4 Å². The fourth-order valence-corrected chi connectivity index (χ4v) is 4.28. The number of likely N-dealkylation sites (N-methyl/N-ethyl adjacent to an activating group) is 1. The number of hydrogen-bond acceptors (Lipinski definition) is 5. The molecule has 31 heavy (non-hydrogen) atoms. The van der Waals surface area contributed by atoms with Crippen molar-refractivity contribution in [3.63, 3.8) is 0 Å². The van der Waals surface area contributed by atoms with E-state index in [0.717, 1.165) is 31.0 Å². The quantitative estimate of drug-likeness (QED) is 0.560. The second kappa shape index (κ2) is 9.38. The zero-order valence-electron chi connectivity index (χ0n) is 18.2. The highest BCUT2D eigenvalue weighted by Crippen LogP contribution is 2.22. The lowest BCUT2D eigenvalue weighted by atomic mass is 10.2. The fourth-order valence-electron chi connectivity index (χ4n) is 4.12. The van der Waals surface area contributed by atoms with Crippen LogP contribution in [0.1, 0.15) is 37.0 Å². The summed E-state index contributed by atoms with van der Waals surface area (Å²) in [5.41, 5.74) is 2.07. The normalized spacial score (nSPS) is 19.5. The third-order valence-electron chi connectivity index (χ3n) is 5.62. The topological polar surface area (TPSA) is 67.9 Å². The van der Waals surface area contributed by atoms with Gasteiger partial charge in [-0.15, -0.1) is 0 Å². The van der Waals surface area contributed by atoms with Gasteiger partial charge in [-0.25, -0.2) is 4.98 Å². The minimum atomic E-state index is -0.0556. The lowest BCUT2D eigenvalue weighted by Crippen LogP contribution is -2.48. The molecule has 8 nitrogen and oxygen atoms in total. The van der Waals surface area contributed by atoms with Gasteiger partial charge in [0.15, 0.2) is 5.69 Å². The van der Waals surface area contributed by atoms with E-state index in [4.69, 9.17) is 21.3 Å². The third-order valence-corrected chi connectivity index (χ3v) is 5.84. The van der Waals surface area contributed by atoms with Crippen LogP contribution >= 0.6 is 11.6 Å². The molecule has 4 heterocycles. The first-order valence-electron chi connectivity index (χ1n) is 10.8. The monoisotopic (exact) mass is 444 g/mol. The Labute approximate surface area is 187 Å². The average molecular weight is 445 g/mol. The molecule has 3 aromatic rings. The first-order chi connectivity index (χ1) is 14.9. The molecule has 0 aliphatic carbocycles. The van der Waals surface area contributed by atoms with Gasteiger partial charge >= 0.3 is 0 Å². The number of morpholine rings is 1. The highest BCUT2D eigenvalue weighted by Gasteiger charge is 2.30. The molecule has 0 saturated carbocycles. The van der Waals surface area contributed by atoms with Gasteiger partial charge in [0.05, 0.1) is 29.5 Å². The number of aromatic nitrogens is 4. The van der Waals surface area contributed by atoms with Crippen LogP contribution in [0, 0.1) is 0 Å². The van der Waals surface area contributed by atoms with Crippen LogP contribution in [0.4, 0.5) is 0 Å². The van der Waals surface area contributed by atoms with Crippen LogP contribution in [-0.4, -0.2) is 73.3 Å². The molecule has 0 aromatic carbocycles. The van der Waals surface area contributed by atoms with E-state index >= 15 is 0 Å². The summed E-state index contributed by atoms with van der Waals surface area (Å²) in [6.45, 7) is 10.3. The molecule has 1 fully saturated rings. The second-order valence-corrected chi connectivity index (χ2v) is 8.52. The molecule has 3 aromatic heterocycles. The van der Waals surface area contributed by atoms with Gasteiger partial charge in [-0.1, -0.05) is 18.5 Å². The van der Waals surface area contributed by atoms with Crippen molar-refractivity contribution in [1.82, 2.24) is 29.0 Å². The SMILES string of the molecule is CCN(CCn1cccn1)Cc1c(C(=O)N2C[C@@H](C)O[C@@H](C)C2)nc2ccc(Cl)cn12. The molecule has 9 heteroatoms. The number of carbonyl (C=O) groups is 1. The molecular formula is C22H29ClN6O2. The van der Waals surface area contributed by atoms with Crippen LogP contribution < -0.4 is 0 Å². The Morgan fingerprint density at radius 2 is 2.06 bits per heavy atom. The molecule has 0 spiro atoms. The van der Waals surface area contributed by atoms with Crippen molar-refractivity contribution in [1.29, 1.82) is 0 Å². The summed E-state index contributed by atoms with van der Waals surface area (Å²) in [4.78, 5) is 22.4. The van der Waals surface area contributed by atoms with Crippen molar-refractivity contribution in [3.05, 3.63) is 53.2 Å². The summed E-state index contributed by atoms with van der Waals surface area (Å²) >= 11 is 6.28. The maximum absolute atomic E-state index is 13.5. The van der Waals surface area contributed by atoms with Crippen molar-refractivity contribution in [2.24, 2.45) is 0 Å². The van der Waals surface area contributed by atoms with Gasteiger partial charge in [-0.05, 0) is 38.6 Å². The molecule has 1 aliphatic heterocycles. The number of amides is 1. The lowest BCUT2D eigenvalue weighted by molar-refractivity contribution is -0.0587. The van der Waals surface area contributed by atoms with Crippen LogP contribution in [0.15, 0.2) is 36.8 Å². The van der Waals surface area contributed by atoms with Crippen molar-refractivity contribution in [2.75, 3.05) is 26.2 Å². The lowest BCUT2D eigenvalue weighted by Gasteiger charge is -2.35. The Morgan fingerprint density at radius 1 is 1.29 bits per heavy atom. The molecule has 4 rings (SSSR count). The minimum Gasteiger partial charge on any atom is -0.372 e. The average Bonchev–Trinajstić information content (AvgIpc) is 3.37. The van der Waals surface area contributed by atoms with Gasteiger partial charge in [0.2, 0.25) is 0 Å². The number of carbonyl (C=O) groups excluding carboxylic acids is 1. The summed E-state index contributed by atoms with van der Waals surface area (Å²) in [7, 11) is 0. The van der Waals surface area contributed by atoms with Crippen LogP contribution in [0.25, 0.3) is 5.65 Å². The first kappa shape index (κ1) is 21.8. The van der Waals surface area contributed by atoms with Crippen molar-refractivity contribution in [3.8, 4) is 0 Å². The first-order valence-corrected chi connectivity index (χ1v) is 11.1. The summed E-state index contributed by atoms with van der Waals surface area (Å²) in [5.74, 6) is -0.0556. The molecular weight excluding hydrogens is 416 g/mol. The van der Waals surface area contributed by atoms with E-state index in [9.17, 15) is 4.79 Å². The van der Waals surface area contributed by atoms with Crippen LogP contribution in [0.2, 0.25) is 5.02 Å². The number of rotatable bonds is 7. The van der Waals surface area contributed by atoms with Gasteiger partial charge in [0, 0.05) is 44.8 Å². The van der Waals surface area contributed by atoms with Crippen molar-refractivity contribution < 1.29 is 9.53 Å². The molecule has 2 atom stereocenters. The fraction of sp³-hybridized carbons (Fsp3) is 0.500. The van der Waals surface area contributed by atoms with Gasteiger partial charge < -0.3 is 14.0 Å². The Hall–Kier alpha value is -2.42. The third kappa shape index (κ3) is 4.92. The summed E-state index contributed by atoms with van der Waals surface area (Å²) in [5, 5.41) is 4.89. The number of fused-ring (bicyclic) bond motifs is 1. The predicted octanol–water partition coefficient (Wildman–Crippen LogP) is 2.96. The molecule has 0 radical (unpaired) electrons. The summed E-state index contributed by atoms with van der Waals surface area (Å²) in [6.07, 6.45) is 5.58. The van der Waals surface area contributed by atoms with Gasteiger partial charge in [-0.3, -0.25) is 14.4 Å². The highest BCUT2D eigenvalue weighted by molar-refractivity contribution is 6.30. The maximum Gasteiger partial charge on any atom is 0.274 e. The molecule has 1 aliphatic rings. The van der Waals surface area contributed by atoms with Crippen LogP contribution in [0.5, 0.6) is 0 Å². The van der Waals surface area contributed by atoms with Crippen molar-refractivity contribution in [2.45, 2.75) is 46.1 Å². The minimum absolute atomic E-state index is 0.00355. The van der Waals surface area contributed by atoms with E-state index in [2.05, 4.69) is 16.9 Å². The smallest absolute Gasteiger partial charge is 0.274 e. The Bertz CT molecular complexity index is 1020. The molecule has 166 valence electrons. The van der Waals surface area contributed by atoms with E-state index in [1.165, 1.54) is 0 Å². The molecule has 0 unspecified atom stereocenters. The number of ether oxygens (including phenoxy) is 1.